The van der Waals surface area contributed by atoms with Crippen LogP contribution in [0.2, 0.25) is 0 Å². The standard InChI is InChI=1S/C9H13NO2S.C2H6/c1-8(2)10-13(11,12)9-6-4-3-5-7-9;1-2/h3-8,10H,1-2H3;1-2H3. The molecule has 0 saturated carbocycles. The second kappa shape index (κ2) is 6.58. The predicted molar refractivity (Wildman–Crippen MR) is 63.2 cm³/mol. The Bertz CT molecular complexity index is 357. The molecule has 1 aromatic carbocycles. The first-order valence-electron chi connectivity index (χ1n) is 5.10. The average molecular weight is 229 g/mol. The van der Waals surface area contributed by atoms with Crippen LogP contribution in [0.5, 0.6) is 0 Å². The molecule has 0 spiro atoms. The molecule has 1 rings (SSSR count). The second-order valence-electron chi connectivity index (χ2n) is 3.09. The molecular formula is C11H19NO2S. The SMILES string of the molecule is CC.CC(C)NS(=O)(=O)c1ccccc1. The van der Waals surface area contributed by atoms with Crippen LogP contribution in [0.25, 0.3) is 0 Å². The van der Waals surface area contributed by atoms with Crippen LogP contribution in [0, 0.1) is 0 Å². The number of hydrogen-bond acceptors (Lipinski definition) is 2. The van der Waals surface area contributed by atoms with Crippen LogP contribution in [-0.2, 0) is 10.0 Å². The van der Waals surface area contributed by atoms with Crippen LogP contribution >= 0.6 is 0 Å². The lowest BCUT2D eigenvalue weighted by Gasteiger charge is -2.08. The lowest BCUT2D eigenvalue weighted by Crippen LogP contribution is -2.30. The van der Waals surface area contributed by atoms with Gasteiger partial charge in [-0.25, -0.2) is 13.1 Å². The van der Waals surface area contributed by atoms with Crippen molar-refractivity contribution in [1.29, 1.82) is 0 Å². The van der Waals surface area contributed by atoms with Crippen LogP contribution in [0.3, 0.4) is 0 Å². The maximum Gasteiger partial charge on any atom is 0.240 e. The molecule has 0 aliphatic rings. The zero-order valence-electron chi connectivity index (χ0n) is 9.69. The van der Waals surface area contributed by atoms with Gasteiger partial charge < -0.3 is 0 Å². The Morgan fingerprint density at radius 1 is 1.07 bits per heavy atom. The molecule has 86 valence electrons. The number of nitrogens with one attached hydrogen (secondary N) is 1. The van der Waals surface area contributed by atoms with Crippen LogP contribution in [-0.4, -0.2) is 14.5 Å². The fourth-order valence-electron chi connectivity index (χ4n) is 0.978. The molecule has 0 aliphatic heterocycles. The molecule has 1 aromatic rings. The van der Waals surface area contributed by atoms with Gasteiger partial charge in [0.25, 0.3) is 0 Å². The van der Waals surface area contributed by atoms with Crippen molar-refractivity contribution in [3.63, 3.8) is 0 Å². The van der Waals surface area contributed by atoms with Crippen molar-refractivity contribution in [3.05, 3.63) is 30.3 Å². The molecule has 0 radical (unpaired) electrons. The third-order valence-corrected chi connectivity index (χ3v) is 3.12. The van der Waals surface area contributed by atoms with Gasteiger partial charge in [0, 0.05) is 6.04 Å². The number of hydrogen-bond donors (Lipinski definition) is 1. The molecule has 0 atom stereocenters. The van der Waals surface area contributed by atoms with Crippen molar-refractivity contribution in [2.75, 3.05) is 0 Å². The highest BCUT2D eigenvalue weighted by Crippen LogP contribution is 2.07. The van der Waals surface area contributed by atoms with E-state index in [0.717, 1.165) is 0 Å². The maximum absolute atomic E-state index is 11.5. The first-order chi connectivity index (χ1) is 7.02. The van der Waals surface area contributed by atoms with Crippen molar-refractivity contribution in [2.24, 2.45) is 0 Å². The topological polar surface area (TPSA) is 46.2 Å². The Kier molecular flexibility index (Phi) is 6.20. The molecule has 4 heteroatoms. The fourth-order valence-corrected chi connectivity index (χ4v) is 2.25. The smallest absolute Gasteiger partial charge is 0.209 e. The zero-order chi connectivity index (χ0) is 11.9. The molecular weight excluding hydrogens is 210 g/mol. The quantitative estimate of drug-likeness (QED) is 0.865. The summed E-state index contributed by atoms with van der Waals surface area (Å²) < 4.78 is 25.6. The minimum atomic E-state index is -3.31. The van der Waals surface area contributed by atoms with Crippen LogP contribution in [0.15, 0.2) is 35.2 Å². The molecule has 0 saturated heterocycles. The van der Waals surface area contributed by atoms with Gasteiger partial charge in [-0.15, -0.1) is 0 Å². The molecule has 15 heavy (non-hydrogen) atoms. The number of benzene rings is 1. The fraction of sp³-hybridized carbons (Fsp3) is 0.455. The second-order valence-corrected chi connectivity index (χ2v) is 4.80. The van der Waals surface area contributed by atoms with Gasteiger partial charge in [0.1, 0.15) is 0 Å². The minimum absolute atomic E-state index is 0.0785. The summed E-state index contributed by atoms with van der Waals surface area (Å²) in [5.74, 6) is 0. The summed E-state index contributed by atoms with van der Waals surface area (Å²) >= 11 is 0. The molecule has 0 amide bonds. The number of rotatable bonds is 3. The van der Waals surface area contributed by atoms with Crippen molar-refractivity contribution >= 4 is 10.0 Å². The maximum atomic E-state index is 11.5. The third kappa shape index (κ3) is 4.95. The highest BCUT2D eigenvalue weighted by Gasteiger charge is 2.13. The Labute approximate surface area is 92.6 Å². The molecule has 0 aromatic heterocycles. The summed E-state index contributed by atoms with van der Waals surface area (Å²) in [6, 6.07) is 8.26. The van der Waals surface area contributed by atoms with Crippen molar-refractivity contribution in [1.82, 2.24) is 4.72 Å². The molecule has 3 nitrogen and oxygen atoms in total. The molecule has 1 N–H and O–H groups in total. The van der Waals surface area contributed by atoms with Gasteiger partial charge >= 0.3 is 0 Å². The van der Waals surface area contributed by atoms with Gasteiger partial charge in [-0.3, -0.25) is 0 Å². The van der Waals surface area contributed by atoms with Gasteiger partial charge in [0.05, 0.1) is 4.90 Å². The van der Waals surface area contributed by atoms with E-state index in [0.29, 0.717) is 4.90 Å². The van der Waals surface area contributed by atoms with E-state index in [4.69, 9.17) is 0 Å². The normalized spacial score (nSPS) is 10.7. The van der Waals surface area contributed by atoms with Gasteiger partial charge in [-0.2, -0.15) is 0 Å². The zero-order valence-corrected chi connectivity index (χ0v) is 10.5. The summed E-state index contributed by atoms with van der Waals surface area (Å²) in [6.07, 6.45) is 0. The Balaban J connectivity index is 0.000000921. The van der Waals surface area contributed by atoms with E-state index in [2.05, 4.69) is 4.72 Å². The Morgan fingerprint density at radius 2 is 1.53 bits per heavy atom. The van der Waals surface area contributed by atoms with E-state index in [9.17, 15) is 8.42 Å². The summed E-state index contributed by atoms with van der Waals surface area (Å²) in [4.78, 5) is 0.309. The minimum Gasteiger partial charge on any atom is -0.209 e. The predicted octanol–water partition coefficient (Wildman–Crippen LogP) is 2.40. The summed E-state index contributed by atoms with van der Waals surface area (Å²) in [7, 11) is -3.31. The van der Waals surface area contributed by atoms with Crippen molar-refractivity contribution < 1.29 is 8.42 Å². The highest BCUT2D eigenvalue weighted by molar-refractivity contribution is 7.89. The van der Waals surface area contributed by atoms with E-state index in [1.54, 1.807) is 44.2 Å². The van der Waals surface area contributed by atoms with E-state index in [1.807, 2.05) is 13.8 Å². The molecule has 0 bridgehead atoms. The number of sulfonamides is 1. The summed E-state index contributed by atoms with van der Waals surface area (Å²) in [5, 5.41) is 0. The van der Waals surface area contributed by atoms with Crippen LogP contribution in [0.4, 0.5) is 0 Å². The van der Waals surface area contributed by atoms with E-state index >= 15 is 0 Å². The van der Waals surface area contributed by atoms with E-state index in [1.165, 1.54) is 0 Å². The van der Waals surface area contributed by atoms with Crippen molar-refractivity contribution in [2.45, 2.75) is 38.6 Å². The highest BCUT2D eigenvalue weighted by atomic mass is 32.2. The summed E-state index contributed by atoms with van der Waals surface area (Å²) in [5.41, 5.74) is 0. The van der Waals surface area contributed by atoms with Crippen molar-refractivity contribution in [3.8, 4) is 0 Å². The average Bonchev–Trinajstić information content (AvgIpc) is 2.20. The van der Waals surface area contributed by atoms with Crippen LogP contribution < -0.4 is 4.72 Å². The van der Waals surface area contributed by atoms with Gasteiger partial charge in [0.15, 0.2) is 0 Å². The monoisotopic (exact) mass is 229 g/mol. The van der Waals surface area contributed by atoms with Crippen LogP contribution in [0.1, 0.15) is 27.7 Å². The largest absolute Gasteiger partial charge is 0.240 e. The first-order valence-corrected chi connectivity index (χ1v) is 6.58. The molecule has 0 unspecified atom stereocenters. The van der Waals surface area contributed by atoms with Gasteiger partial charge in [-0.1, -0.05) is 32.0 Å². The molecule has 0 fully saturated rings. The van der Waals surface area contributed by atoms with Gasteiger partial charge in [0.2, 0.25) is 10.0 Å². The first kappa shape index (κ1) is 14.1. The lowest BCUT2D eigenvalue weighted by atomic mass is 10.4. The molecule has 0 aliphatic carbocycles. The Hall–Kier alpha value is -0.870. The van der Waals surface area contributed by atoms with Gasteiger partial charge in [-0.05, 0) is 26.0 Å². The third-order valence-electron chi connectivity index (χ3n) is 1.44. The van der Waals surface area contributed by atoms with E-state index < -0.39 is 10.0 Å². The lowest BCUT2D eigenvalue weighted by molar-refractivity contribution is 0.570. The molecule has 0 heterocycles. The van der Waals surface area contributed by atoms with E-state index in [-0.39, 0.29) is 6.04 Å². The Morgan fingerprint density at radius 3 is 1.93 bits per heavy atom. The summed E-state index contributed by atoms with van der Waals surface area (Å²) in [6.45, 7) is 7.58.